The van der Waals surface area contributed by atoms with Crippen molar-refractivity contribution in [3.63, 3.8) is 0 Å². The van der Waals surface area contributed by atoms with Crippen LogP contribution in [0.3, 0.4) is 0 Å². The lowest BCUT2D eigenvalue weighted by Gasteiger charge is -2.19. The molecule has 0 N–H and O–H groups in total. The molecule has 0 aliphatic carbocycles. The van der Waals surface area contributed by atoms with Gasteiger partial charge in [0.15, 0.2) is 0 Å². The second-order valence-corrected chi connectivity index (χ2v) is 13.0. The lowest BCUT2D eigenvalue weighted by Crippen LogP contribution is -2.08. The highest BCUT2D eigenvalue weighted by Crippen LogP contribution is 2.45. The summed E-state index contributed by atoms with van der Waals surface area (Å²) in [5.41, 5.74) is -3.53. The van der Waals surface area contributed by atoms with Crippen molar-refractivity contribution in [2.75, 3.05) is 0 Å². The molecule has 0 amide bonds. The Morgan fingerprint density at radius 3 is 1.37 bits per heavy atom. The first-order valence-electron chi connectivity index (χ1n) is 25.7. The zero-order valence-corrected chi connectivity index (χ0v) is 27.7. The summed E-state index contributed by atoms with van der Waals surface area (Å²) >= 11 is 0. The van der Waals surface area contributed by atoms with Crippen LogP contribution in [0.1, 0.15) is 52.6 Å². The van der Waals surface area contributed by atoms with Crippen LogP contribution in [0.4, 0.5) is 0 Å². The highest BCUT2D eigenvalue weighted by molar-refractivity contribution is 6.21. The molecule has 1 nitrogen and oxygen atoms in total. The maximum atomic E-state index is 9.85. The fraction of sp³-hybridized carbons (Fsp3) is 0.0800. The summed E-state index contributed by atoms with van der Waals surface area (Å²) in [6, 6.07) is 3.20. The first-order chi connectivity index (χ1) is 32.9. The molecular formula is C50H38O. The minimum atomic E-state index is -0.911. The third-order valence-electron chi connectivity index (χ3n) is 8.53. The smallest absolute Gasteiger partial charge is 0.134 e. The predicted octanol–water partition coefficient (Wildman–Crippen LogP) is 14.4. The average molecular weight is 674 g/mol. The van der Waals surface area contributed by atoms with Crippen molar-refractivity contribution in [2.45, 2.75) is 26.2 Å². The van der Waals surface area contributed by atoms with Crippen LogP contribution in [0.5, 0.6) is 0 Å². The monoisotopic (exact) mass is 673 g/mol. The molecule has 244 valence electrons. The maximum Gasteiger partial charge on any atom is 0.134 e. The van der Waals surface area contributed by atoms with Gasteiger partial charge in [0.05, 0.1) is 26.0 Å². The van der Waals surface area contributed by atoms with Crippen molar-refractivity contribution < 1.29 is 30.5 Å². The van der Waals surface area contributed by atoms with Crippen LogP contribution in [0.15, 0.2) is 180 Å². The Balaban J connectivity index is 1.52. The Bertz CT molecular complexity index is 3610. The molecule has 0 unspecified atom stereocenters. The second kappa shape index (κ2) is 12.3. The molecular weight excluding hydrogens is 617 g/mol. The molecule has 0 radical (unpaired) electrons. The number of benzene rings is 8. The molecule has 1 heteroatoms. The summed E-state index contributed by atoms with van der Waals surface area (Å²) in [6.45, 7) is 5.24. The molecule has 0 spiro atoms. The van der Waals surface area contributed by atoms with Crippen LogP contribution in [0.2, 0.25) is 0 Å². The summed E-state index contributed by atoms with van der Waals surface area (Å²) in [4.78, 5) is 0. The number of hydrogen-bond donors (Lipinski definition) is 0. The molecule has 1 aromatic heterocycles. The SMILES string of the molecule is [2H]c1c(-c2ccccc2)c([2H])c(-c2c3c([2H])c([2H])c([2H])c([2H])c3c(-c3c([2H])c([2H])c(-c4c([2H])c([2H])c5c([2H])c(C(C)(C)C)oc5c4[2H])c([2H])c3[2H])c3c([2H])c([2H])c([2H])c([2H])c23)c([2H])c1-c1ccccc1. The first kappa shape index (κ1) is 16.7. The van der Waals surface area contributed by atoms with E-state index in [0.717, 1.165) is 0 Å². The number of rotatable bonds is 5. The molecule has 0 atom stereocenters. The number of hydrogen-bond acceptors (Lipinski definition) is 1. The summed E-state index contributed by atoms with van der Waals surface area (Å²) in [7, 11) is 0. The van der Waals surface area contributed by atoms with Gasteiger partial charge in [0.1, 0.15) is 11.3 Å². The van der Waals surface area contributed by atoms with Gasteiger partial charge in [-0.3, -0.25) is 0 Å². The fourth-order valence-corrected chi connectivity index (χ4v) is 6.04. The van der Waals surface area contributed by atoms with Crippen molar-refractivity contribution in [2.24, 2.45) is 0 Å². The minimum absolute atomic E-state index is 0.00708. The lowest BCUT2D eigenvalue weighted by atomic mass is 9.84. The highest BCUT2D eigenvalue weighted by Gasteiger charge is 2.20. The zero-order valence-electron chi connectivity index (χ0n) is 46.7. The van der Waals surface area contributed by atoms with Gasteiger partial charge in [-0.25, -0.2) is 0 Å². The number of furan rings is 1. The van der Waals surface area contributed by atoms with Gasteiger partial charge in [0.25, 0.3) is 0 Å². The molecule has 0 aliphatic heterocycles. The van der Waals surface area contributed by atoms with Crippen molar-refractivity contribution >= 4 is 32.5 Å². The zero-order chi connectivity index (χ0) is 51.1. The van der Waals surface area contributed by atoms with E-state index in [1.54, 1.807) is 81.4 Å². The summed E-state index contributed by atoms with van der Waals surface area (Å²) in [5.74, 6) is 0.102. The molecule has 8 aromatic carbocycles. The van der Waals surface area contributed by atoms with Gasteiger partial charge in [-0.15, -0.1) is 0 Å². The quantitative estimate of drug-likeness (QED) is 0.166. The van der Waals surface area contributed by atoms with Crippen LogP contribution >= 0.6 is 0 Å². The van der Waals surface area contributed by atoms with E-state index in [1.165, 1.54) is 0 Å². The third kappa shape index (κ3) is 5.62. The Kier molecular flexibility index (Phi) is 4.02. The largest absolute Gasteiger partial charge is 0.460 e. The van der Waals surface area contributed by atoms with Gasteiger partial charge in [-0.1, -0.05) is 166 Å². The van der Waals surface area contributed by atoms with E-state index in [9.17, 15) is 16.4 Å². The average Bonchev–Trinajstić information content (AvgIpc) is 3.69. The van der Waals surface area contributed by atoms with E-state index in [1.807, 2.05) is 0 Å². The molecule has 0 saturated heterocycles. The van der Waals surface area contributed by atoms with Crippen molar-refractivity contribution in [3.8, 4) is 55.6 Å². The van der Waals surface area contributed by atoms with Crippen LogP contribution in [-0.4, -0.2) is 0 Å². The van der Waals surface area contributed by atoms with E-state index in [4.69, 9.17) is 14.0 Å². The lowest BCUT2D eigenvalue weighted by molar-refractivity contribution is 0.430. The van der Waals surface area contributed by atoms with Gasteiger partial charge < -0.3 is 4.42 Å². The van der Waals surface area contributed by atoms with Crippen molar-refractivity contribution in [3.05, 3.63) is 181 Å². The fourth-order valence-electron chi connectivity index (χ4n) is 6.04. The highest BCUT2D eigenvalue weighted by atomic mass is 16.3. The van der Waals surface area contributed by atoms with Gasteiger partial charge >= 0.3 is 0 Å². The van der Waals surface area contributed by atoms with E-state index < -0.39 is 157 Å². The Labute approximate surface area is 326 Å². The van der Waals surface area contributed by atoms with E-state index >= 15 is 0 Å². The minimum Gasteiger partial charge on any atom is -0.460 e. The normalized spacial score (nSPS) is 17.0. The van der Waals surface area contributed by atoms with E-state index in [0.29, 0.717) is 11.1 Å². The van der Waals surface area contributed by atoms with Crippen molar-refractivity contribution in [1.82, 2.24) is 0 Å². The molecule has 0 bridgehead atoms. The molecule has 0 aliphatic rings. The van der Waals surface area contributed by atoms with Crippen LogP contribution in [-0.2, 0) is 5.41 Å². The molecule has 51 heavy (non-hydrogen) atoms. The van der Waals surface area contributed by atoms with Gasteiger partial charge in [-0.05, 0) is 107 Å². The molecule has 0 saturated carbocycles. The van der Waals surface area contributed by atoms with E-state index in [-0.39, 0.29) is 45.5 Å². The molecule has 1 heterocycles. The second-order valence-electron chi connectivity index (χ2n) is 13.0. The topological polar surface area (TPSA) is 13.1 Å². The van der Waals surface area contributed by atoms with E-state index in [2.05, 4.69) is 0 Å². The van der Waals surface area contributed by atoms with Crippen LogP contribution in [0, 0.1) is 0 Å². The van der Waals surface area contributed by atoms with Crippen molar-refractivity contribution in [1.29, 1.82) is 0 Å². The number of fused-ring (bicyclic) bond motifs is 3. The predicted molar refractivity (Wildman–Crippen MR) is 217 cm³/mol. The Hall–Kier alpha value is -6.18. The standard InChI is InChI=1S/C50H38O/c1-50(2,3)47-32-38-27-26-37(31-46(38)51-47)35-22-24-36(25-23-35)48-42-18-10-12-20-44(42)49(45-21-13-11-19-43(45)48)41-29-39(33-14-6-4-7-15-33)28-40(30-41)34-16-8-5-9-17-34/h4-32H,1-3H3/i10D,11D,12D,13D,18D,19D,20D,21D,22D,23D,24D,25D,26D,27D,28D,29D,30D,31D,32D. The Morgan fingerprint density at radius 1 is 0.412 bits per heavy atom. The van der Waals surface area contributed by atoms with Gasteiger partial charge in [0.2, 0.25) is 0 Å². The summed E-state index contributed by atoms with van der Waals surface area (Å²) in [5, 5.41) is -2.19. The maximum absolute atomic E-state index is 9.85. The Morgan fingerprint density at radius 2 is 0.863 bits per heavy atom. The first-order valence-corrected chi connectivity index (χ1v) is 16.2. The van der Waals surface area contributed by atoms with Gasteiger partial charge in [0, 0.05) is 10.8 Å². The molecule has 9 aromatic rings. The summed E-state index contributed by atoms with van der Waals surface area (Å²) in [6.07, 6.45) is 0. The van der Waals surface area contributed by atoms with Crippen LogP contribution < -0.4 is 0 Å². The third-order valence-corrected chi connectivity index (χ3v) is 8.53. The van der Waals surface area contributed by atoms with Crippen LogP contribution in [0.25, 0.3) is 88.1 Å². The van der Waals surface area contributed by atoms with Gasteiger partial charge in [-0.2, -0.15) is 0 Å². The molecule has 0 fully saturated rings. The summed E-state index contributed by atoms with van der Waals surface area (Å²) < 4.78 is 183. The molecule has 9 rings (SSSR count).